The summed E-state index contributed by atoms with van der Waals surface area (Å²) < 4.78 is 9.77. The van der Waals surface area contributed by atoms with Crippen LogP contribution in [0, 0.1) is 16.7 Å². The van der Waals surface area contributed by atoms with Crippen LogP contribution in [0.1, 0.15) is 81.6 Å². The van der Waals surface area contributed by atoms with E-state index in [1.165, 1.54) is 0 Å². The first-order chi connectivity index (χ1) is 14.0. The first-order valence-corrected chi connectivity index (χ1v) is 10.5. The molecule has 1 atom stereocenters. The summed E-state index contributed by atoms with van der Waals surface area (Å²) in [6.07, 6.45) is 2.23. The lowest BCUT2D eigenvalue weighted by Crippen LogP contribution is -2.30. The zero-order valence-corrected chi connectivity index (χ0v) is 20.8. The van der Waals surface area contributed by atoms with Crippen molar-refractivity contribution in [2.75, 3.05) is 13.2 Å². The molecule has 0 bridgehead atoms. The Labute approximate surface area is 187 Å². The number of amides is 1. The van der Waals surface area contributed by atoms with E-state index in [1.807, 2.05) is 48.5 Å². The third kappa shape index (κ3) is 17.0. The second-order valence-corrected chi connectivity index (χ2v) is 8.54. The molecule has 0 saturated carbocycles. The minimum absolute atomic E-state index is 0.0667. The number of carbonyl (C=O) groups excluding carboxylic acids is 3. The summed E-state index contributed by atoms with van der Waals surface area (Å²) in [5.41, 5.74) is 4.57. The van der Waals surface area contributed by atoms with E-state index in [4.69, 9.17) is 20.3 Å². The maximum atomic E-state index is 11.5. The molecule has 0 radical (unpaired) electrons. The van der Waals surface area contributed by atoms with E-state index < -0.39 is 17.4 Å². The molecular formula is C23H43NO7. The van der Waals surface area contributed by atoms with Crippen molar-refractivity contribution in [1.82, 2.24) is 0 Å². The summed E-state index contributed by atoms with van der Waals surface area (Å²) in [6.45, 7) is 19.9. The van der Waals surface area contributed by atoms with E-state index in [-0.39, 0.29) is 36.4 Å². The Hall–Kier alpha value is -2.38. The minimum Gasteiger partial charge on any atom is -0.481 e. The van der Waals surface area contributed by atoms with E-state index in [9.17, 15) is 19.2 Å². The van der Waals surface area contributed by atoms with Gasteiger partial charge in [0.25, 0.3) is 0 Å². The molecule has 0 aromatic rings. The summed E-state index contributed by atoms with van der Waals surface area (Å²) in [5, 5.41) is 8.18. The maximum absolute atomic E-state index is 11.5. The highest BCUT2D eigenvalue weighted by atomic mass is 16.6. The third-order valence-corrected chi connectivity index (χ3v) is 4.92. The van der Waals surface area contributed by atoms with Crippen LogP contribution in [0.2, 0.25) is 0 Å². The Morgan fingerprint density at radius 2 is 1.35 bits per heavy atom. The van der Waals surface area contributed by atoms with E-state index in [0.717, 1.165) is 12.8 Å². The van der Waals surface area contributed by atoms with Gasteiger partial charge in [0.15, 0.2) is 0 Å². The molecule has 0 aromatic carbocycles. The smallest absolute Gasteiger partial charge is 0.333 e. The van der Waals surface area contributed by atoms with Gasteiger partial charge in [0.1, 0.15) is 13.2 Å². The number of primary amides is 1. The highest BCUT2D eigenvalue weighted by molar-refractivity contribution is 5.86. The lowest BCUT2D eigenvalue weighted by atomic mass is 9.90. The van der Waals surface area contributed by atoms with Crippen molar-refractivity contribution in [3.05, 3.63) is 12.2 Å². The number of carboxylic acids is 1. The molecule has 0 aliphatic carbocycles. The summed E-state index contributed by atoms with van der Waals surface area (Å²) in [7, 11) is 0. The molecule has 0 spiro atoms. The molecule has 0 heterocycles. The normalized spacial score (nSPS) is 11.5. The van der Waals surface area contributed by atoms with Gasteiger partial charge in [-0.2, -0.15) is 0 Å². The lowest BCUT2D eigenvalue weighted by Gasteiger charge is -2.20. The summed E-state index contributed by atoms with van der Waals surface area (Å²) in [6, 6.07) is 0. The van der Waals surface area contributed by atoms with Crippen molar-refractivity contribution in [3.8, 4) is 0 Å². The number of ether oxygens (including phenoxy) is 2. The maximum Gasteiger partial charge on any atom is 0.333 e. The van der Waals surface area contributed by atoms with Crippen LogP contribution in [-0.2, 0) is 28.7 Å². The summed E-state index contributed by atoms with van der Waals surface area (Å²) >= 11 is 0. The first kappa shape index (κ1) is 33.3. The molecule has 0 rings (SSSR count). The van der Waals surface area contributed by atoms with Crippen LogP contribution in [0.15, 0.2) is 12.2 Å². The highest BCUT2D eigenvalue weighted by Gasteiger charge is 2.26. The number of rotatable bonds is 10. The van der Waals surface area contributed by atoms with Crippen molar-refractivity contribution in [2.24, 2.45) is 22.5 Å². The van der Waals surface area contributed by atoms with Crippen LogP contribution in [0.25, 0.3) is 0 Å². The van der Waals surface area contributed by atoms with Crippen molar-refractivity contribution < 1.29 is 33.8 Å². The fourth-order valence-corrected chi connectivity index (χ4v) is 1.08. The molecule has 3 N–H and O–H groups in total. The Morgan fingerprint density at radius 1 is 0.935 bits per heavy atom. The molecule has 1 unspecified atom stereocenters. The number of carbonyl (C=O) groups is 4. The number of aliphatic carboxylic acids is 1. The van der Waals surface area contributed by atoms with E-state index in [0.29, 0.717) is 12.0 Å². The fourth-order valence-electron chi connectivity index (χ4n) is 1.08. The molecule has 0 fully saturated rings. The zero-order valence-electron chi connectivity index (χ0n) is 20.8. The average molecular weight is 446 g/mol. The largest absolute Gasteiger partial charge is 0.481 e. The molecule has 0 aliphatic heterocycles. The van der Waals surface area contributed by atoms with Crippen LogP contribution in [-0.4, -0.2) is 42.1 Å². The van der Waals surface area contributed by atoms with Gasteiger partial charge < -0.3 is 20.3 Å². The van der Waals surface area contributed by atoms with Crippen LogP contribution < -0.4 is 5.73 Å². The van der Waals surface area contributed by atoms with Crippen LogP contribution >= 0.6 is 0 Å². The predicted molar refractivity (Wildman–Crippen MR) is 121 cm³/mol. The average Bonchev–Trinajstić information content (AvgIpc) is 2.70. The number of nitrogens with two attached hydrogens (primary N) is 1. The van der Waals surface area contributed by atoms with Gasteiger partial charge in [-0.1, -0.05) is 48.1 Å². The Kier molecular flexibility index (Phi) is 17.5. The molecule has 31 heavy (non-hydrogen) atoms. The molecule has 8 nitrogen and oxygen atoms in total. The molecule has 8 heteroatoms. The Morgan fingerprint density at radius 3 is 1.58 bits per heavy atom. The van der Waals surface area contributed by atoms with Gasteiger partial charge in [-0.3, -0.25) is 14.4 Å². The fraction of sp³-hybridized carbons (Fsp3) is 0.739. The SMILES string of the molecule is C=C(C)C(=O)OCCOC(=O)C(C)(C)CC.CCC(C)(C)C(N)=O.CCC(C)C(=O)O. The van der Waals surface area contributed by atoms with Crippen LogP contribution in [0.5, 0.6) is 0 Å². The van der Waals surface area contributed by atoms with Gasteiger partial charge in [-0.15, -0.1) is 0 Å². The third-order valence-electron chi connectivity index (χ3n) is 4.92. The van der Waals surface area contributed by atoms with Crippen molar-refractivity contribution in [1.29, 1.82) is 0 Å². The molecule has 0 aromatic heterocycles. The highest BCUT2D eigenvalue weighted by Crippen LogP contribution is 2.21. The molecule has 0 aliphatic rings. The van der Waals surface area contributed by atoms with Crippen molar-refractivity contribution in [2.45, 2.75) is 81.6 Å². The van der Waals surface area contributed by atoms with Crippen molar-refractivity contribution in [3.63, 3.8) is 0 Å². The number of carboxylic acid groups (broad SMARTS) is 1. The second-order valence-electron chi connectivity index (χ2n) is 8.54. The summed E-state index contributed by atoms with van der Waals surface area (Å²) in [4.78, 5) is 42.9. The monoisotopic (exact) mass is 445 g/mol. The first-order valence-electron chi connectivity index (χ1n) is 10.5. The van der Waals surface area contributed by atoms with Gasteiger partial charge in [-0.05, 0) is 40.0 Å². The topological polar surface area (TPSA) is 133 Å². The summed E-state index contributed by atoms with van der Waals surface area (Å²) in [5.74, 6) is -1.85. The van der Waals surface area contributed by atoms with Gasteiger partial charge in [0.05, 0.1) is 11.3 Å². The van der Waals surface area contributed by atoms with Gasteiger partial charge in [-0.25, -0.2) is 4.79 Å². The lowest BCUT2D eigenvalue weighted by molar-refractivity contribution is -0.158. The number of esters is 2. The predicted octanol–water partition coefficient (Wildman–Crippen LogP) is 4.11. The van der Waals surface area contributed by atoms with Gasteiger partial charge in [0, 0.05) is 11.0 Å². The van der Waals surface area contributed by atoms with E-state index in [1.54, 1.807) is 13.8 Å². The standard InChI is InChI=1S/C12H20O4.C6H13NO.C5H10O2/c1-6-12(4,5)11(14)16-8-7-15-10(13)9(2)3;1-4-6(2,3)5(7)8;1-3-4(2)5(6)7/h2,6-8H2,1,3-5H3;4H2,1-3H3,(H2,7,8);4H,3H2,1-2H3,(H,6,7). The van der Waals surface area contributed by atoms with Gasteiger partial charge >= 0.3 is 17.9 Å². The number of hydrogen-bond donors (Lipinski definition) is 2. The molecule has 1 amide bonds. The van der Waals surface area contributed by atoms with Gasteiger partial charge in [0.2, 0.25) is 5.91 Å². The Bertz CT molecular complexity index is 595. The van der Waals surface area contributed by atoms with Crippen LogP contribution in [0.4, 0.5) is 0 Å². The van der Waals surface area contributed by atoms with Crippen molar-refractivity contribution >= 4 is 23.8 Å². The molecule has 182 valence electrons. The molecule has 0 saturated heterocycles. The number of hydrogen-bond acceptors (Lipinski definition) is 6. The Balaban J connectivity index is -0.000000435. The quantitative estimate of drug-likeness (QED) is 0.294. The zero-order chi connectivity index (χ0) is 25.4. The van der Waals surface area contributed by atoms with E-state index in [2.05, 4.69) is 6.58 Å². The molecular weight excluding hydrogens is 402 g/mol. The van der Waals surface area contributed by atoms with E-state index >= 15 is 0 Å². The van der Waals surface area contributed by atoms with Crippen LogP contribution in [0.3, 0.4) is 0 Å². The second kappa shape index (κ2) is 16.3. The minimum atomic E-state index is -0.706.